The van der Waals surface area contributed by atoms with Crippen LogP contribution in [-0.4, -0.2) is 34.9 Å². The third-order valence-corrected chi connectivity index (χ3v) is 7.27. The number of rotatable bonds is 3. The molecule has 1 aliphatic heterocycles. The number of benzene rings is 1. The number of aromatic nitrogens is 1. The number of fused-ring (bicyclic) bond motifs is 2. The number of pyridine rings is 1. The Hall–Kier alpha value is -2.28. The van der Waals surface area contributed by atoms with E-state index in [0.29, 0.717) is 10.7 Å². The first-order valence-electron chi connectivity index (χ1n) is 11.7. The largest absolute Gasteiger partial charge is 0.477 e. The molecule has 0 atom stereocenters. The molecular weight excluding hydrogens is 454 g/mol. The standard InChI is InChI=1S/C21H19ClN2O2S.C5H11N/c1-11(2)23-18-17-16(12-7-9-13(22)10-8-12)14-5-3-4-6-15(14)24-20(17)27-19(18)21(25)26;1-2-4-6-5-3-1/h7-10H,3-6H2,1-2H3,(H,25,26);6H,1-5H2. The van der Waals surface area contributed by atoms with E-state index in [-0.39, 0.29) is 4.88 Å². The minimum absolute atomic E-state index is 0.247. The second-order valence-corrected chi connectivity index (χ2v) is 10.2. The van der Waals surface area contributed by atoms with E-state index >= 15 is 0 Å². The van der Waals surface area contributed by atoms with Crippen molar-refractivity contribution in [2.24, 2.45) is 4.99 Å². The molecule has 5 rings (SSSR count). The van der Waals surface area contributed by atoms with Crippen LogP contribution in [0.4, 0.5) is 5.69 Å². The second-order valence-electron chi connectivity index (χ2n) is 8.76. The summed E-state index contributed by atoms with van der Waals surface area (Å²) in [5.41, 5.74) is 5.74. The number of carboxylic acid groups (broad SMARTS) is 1. The zero-order chi connectivity index (χ0) is 23.4. The predicted molar refractivity (Wildman–Crippen MR) is 139 cm³/mol. The van der Waals surface area contributed by atoms with Gasteiger partial charge in [-0.15, -0.1) is 11.3 Å². The average molecular weight is 484 g/mol. The Kier molecular flexibility index (Phi) is 7.78. The molecule has 1 saturated heterocycles. The SMILES string of the molecule is C1CCNCC1.CC(C)=Nc1c(C(=O)O)sc2nc3c(c(-c4ccc(Cl)cc4)c12)CCCC3. The van der Waals surface area contributed by atoms with Crippen molar-refractivity contribution in [2.75, 3.05) is 13.1 Å². The Labute approximate surface area is 203 Å². The van der Waals surface area contributed by atoms with Crippen LogP contribution in [0.25, 0.3) is 21.3 Å². The minimum Gasteiger partial charge on any atom is -0.477 e. The van der Waals surface area contributed by atoms with Gasteiger partial charge in [-0.3, -0.25) is 4.99 Å². The summed E-state index contributed by atoms with van der Waals surface area (Å²) < 4.78 is 0. The number of aromatic carboxylic acids is 1. The lowest BCUT2D eigenvalue weighted by molar-refractivity contribution is 0.0703. The number of hydrogen-bond acceptors (Lipinski definition) is 5. The number of carboxylic acids is 1. The summed E-state index contributed by atoms with van der Waals surface area (Å²) in [7, 11) is 0. The van der Waals surface area contributed by atoms with Gasteiger partial charge in [0.2, 0.25) is 0 Å². The lowest BCUT2D eigenvalue weighted by Gasteiger charge is -2.20. The molecule has 174 valence electrons. The molecule has 1 aliphatic carbocycles. The summed E-state index contributed by atoms with van der Waals surface area (Å²) in [6.07, 6.45) is 8.32. The molecule has 0 saturated carbocycles. The molecule has 0 amide bonds. The highest BCUT2D eigenvalue weighted by Gasteiger charge is 2.26. The molecule has 0 spiro atoms. The van der Waals surface area contributed by atoms with E-state index in [1.165, 1.54) is 49.3 Å². The fraction of sp³-hybridized carbons (Fsp3) is 0.423. The van der Waals surface area contributed by atoms with E-state index < -0.39 is 5.97 Å². The number of thiophene rings is 1. The van der Waals surface area contributed by atoms with Crippen molar-refractivity contribution >= 4 is 50.5 Å². The van der Waals surface area contributed by atoms with E-state index in [4.69, 9.17) is 16.6 Å². The van der Waals surface area contributed by atoms with E-state index in [2.05, 4.69) is 10.3 Å². The van der Waals surface area contributed by atoms with Gasteiger partial charge in [0, 0.05) is 21.8 Å². The molecule has 2 N–H and O–H groups in total. The molecule has 2 aliphatic rings. The van der Waals surface area contributed by atoms with E-state index in [9.17, 15) is 9.90 Å². The zero-order valence-electron chi connectivity index (χ0n) is 19.2. The quantitative estimate of drug-likeness (QED) is 0.391. The van der Waals surface area contributed by atoms with Crippen LogP contribution in [0.3, 0.4) is 0 Å². The Bertz CT molecular complexity index is 1170. The highest BCUT2D eigenvalue weighted by Crippen LogP contribution is 2.46. The Morgan fingerprint density at radius 3 is 2.33 bits per heavy atom. The molecule has 3 aromatic rings. The van der Waals surface area contributed by atoms with Gasteiger partial charge in [0.25, 0.3) is 0 Å². The van der Waals surface area contributed by atoms with Crippen molar-refractivity contribution in [1.82, 2.24) is 10.3 Å². The maximum Gasteiger partial charge on any atom is 0.348 e. The number of halogens is 1. The van der Waals surface area contributed by atoms with Gasteiger partial charge < -0.3 is 10.4 Å². The van der Waals surface area contributed by atoms with E-state index in [1.54, 1.807) is 0 Å². The highest BCUT2D eigenvalue weighted by atomic mass is 35.5. The summed E-state index contributed by atoms with van der Waals surface area (Å²) in [5.74, 6) is -0.960. The van der Waals surface area contributed by atoms with Gasteiger partial charge in [-0.1, -0.05) is 30.2 Å². The number of aliphatic imine (C=N–C) groups is 1. The Balaban J connectivity index is 0.000000376. The van der Waals surface area contributed by atoms with Gasteiger partial charge in [0.05, 0.1) is 5.69 Å². The fourth-order valence-electron chi connectivity index (χ4n) is 4.48. The summed E-state index contributed by atoms with van der Waals surface area (Å²) in [6, 6.07) is 7.74. The maximum absolute atomic E-state index is 11.9. The van der Waals surface area contributed by atoms with Gasteiger partial charge in [-0.25, -0.2) is 9.78 Å². The predicted octanol–water partition coefficient (Wildman–Crippen LogP) is 7.07. The summed E-state index contributed by atoms with van der Waals surface area (Å²) in [4.78, 5) is 22.3. The maximum atomic E-state index is 11.9. The summed E-state index contributed by atoms with van der Waals surface area (Å²) in [5, 5.41) is 14.5. The van der Waals surface area contributed by atoms with Crippen molar-refractivity contribution in [2.45, 2.75) is 58.8 Å². The van der Waals surface area contributed by atoms with Crippen LogP contribution < -0.4 is 5.32 Å². The first kappa shape index (κ1) is 23.9. The first-order valence-corrected chi connectivity index (χ1v) is 12.8. The smallest absolute Gasteiger partial charge is 0.348 e. The topological polar surface area (TPSA) is 74.6 Å². The van der Waals surface area contributed by atoms with Crippen molar-refractivity contribution in [3.8, 4) is 11.1 Å². The molecular formula is C26H30ClN3O2S. The molecule has 7 heteroatoms. The Morgan fingerprint density at radius 1 is 1.06 bits per heavy atom. The van der Waals surface area contributed by atoms with Crippen LogP contribution in [0.15, 0.2) is 29.3 Å². The molecule has 0 bridgehead atoms. The van der Waals surface area contributed by atoms with Crippen LogP contribution in [-0.2, 0) is 12.8 Å². The van der Waals surface area contributed by atoms with Gasteiger partial charge in [0.15, 0.2) is 0 Å². The van der Waals surface area contributed by atoms with Gasteiger partial charge >= 0.3 is 5.97 Å². The van der Waals surface area contributed by atoms with E-state index in [0.717, 1.165) is 58.4 Å². The zero-order valence-corrected chi connectivity index (χ0v) is 20.8. The molecule has 0 unspecified atom stereocenters. The van der Waals surface area contributed by atoms with Crippen LogP contribution in [0.1, 0.15) is 66.9 Å². The summed E-state index contributed by atoms with van der Waals surface area (Å²) in [6.45, 7) is 6.26. The molecule has 5 nitrogen and oxygen atoms in total. The summed E-state index contributed by atoms with van der Waals surface area (Å²) >= 11 is 7.31. The van der Waals surface area contributed by atoms with Gasteiger partial charge in [0.1, 0.15) is 9.71 Å². The number of nitrogens with one attached hydrogen (secondary N) is 1. The number of nitrogens with zero attached hydrogens (tertiary/aromatic N) is 2. The van der Waals surface area contributed by atoms with Crippen molar-refractivity contribution < 1.29 is 9.90 Å². The van der Waals surface area contributed by atoms with Crippen LogP contribution in [0.2, 0.25) is 5.02 Å². The number of carbonyl (C=O) groups is 1. The highest BCUT2D eigenvalue weighted by molar-refractivity contribution is 7.21. The Morgan fingerprint density at radius 2 is 1.76 bits per heavy atom. The third kappa shape index (κ3) is 5.45. The van der Waals surface area contributed by atoms with Crippen LogP contribution in [0, 0.1) is 0 Å². The molecule has 33 heavy (non-hydrogen) atoms. The molecule has 0 radical (unpaired) electrons. The second kappa shape index (κ2) is 10.8. The van der Waals surface area contributed by atoms with Crippen molar-refractivity contribution in [3.05, 3.63) is 45.4 Å². The normalized spacial score (nSPS) is 15.4. The fourth-order valence-corrected chi connectivity index (χ4v) is 5.59. The van der Waals surface area contributed by atoms with Gasteiger partial charge in [-0.2, -0.15) is 0 Å². The number of hydrogen-bond donors (Lipinski definition) is 2. The van der Waals surface area contributed by atoms with Crippen molar-refractivity contribution in [1.29, 1.82) is 0 Å². The van der Waals surface area contributed by atoms with E-state index in [1.807, 2.05) is 38.1 Å². The molecule has 3 heterocycles. The molecule has 1 fully saturated rings. The molecule has 1 aromatic carbocycles. The van der Waals surface area contributed by atoms with Crippen molar-refractivity contribution in [3.63, 3.8) is 0 Å². The first-order chi connectivity index (χ1) is 16.0. The lowest BCUT2D eigenvalue weighted by Crippen LogP contribution is -2.21. The number of aryl methyl sites for hydroxylation is 1. The minimum atomic E-state index is -0.960. The number of piperidine rings is 1. The monoisotopic (exact) mass is 483 g/mol. The third-order valence-electron chi connectivity index (χ3n) is 5.96. The molecule has 2 aromatic heterocycles. The average Bonchev–Trinajstić information content (AvgIpc) is 3.17. The van der Waals surface area contributed by atoms with Crippen LogP contribution in [0.5, 0.6) is 0 Å². The van der Waals surface area contributed by atoms with Crippen LogP contribution >= 0.6 is 22.9 Å². The van der Waals surface area contributed by atoms with Gasteiger partial charge in [-0.05, 0) is 94.3 Å². The lowest BCUT2D eigenvalue weighted by atomic mass is 9.87.